The van der Waals surface area contributed by atoms with Gasteiger partial charge in [-0.2, -0.15) is 9.40 Å². The van der Waals surface area contributed by atoms with Crippen molar-refractivity contribution in [3.05, 3.63) is 15.2 Å². The van der Waals surface area contributed by atoms with Crippen LogP contribution in [0.1, 0.15) is 0 Å². The summed E-state index contributed by atoms with van der Waals surface area (Å²) in [6.45, 7) is -0.0405. The maximum Gasteiger partial charge on any atom is 0.326 e. The highest BCUT2D eigenvalue weighted by molar-refractivity contribution is 7.88. The summed E-state index contributed by atoms with van der Waals surface area (Å²) < 4.78 is 24.0. The zero-order chi connectivity index (χ0) is 10.1. The third kappa shape index (κ3) is 2.61. The Kier molecular flexibility index (Phi) is 2.84. The van der Waals surface area contributed by atoms with Gasteiger partial charge in [-0.3, -0.25) is 4.79 Å². The second-order valence-electron chi connectivity index (χ2n) is 2.51. The van der Waals surface area contributed by atoms with E-state index < -0.39 is 10.0 Å². The van der Waals surface area contributed by atoms with Gasteiger partial charge in [0.2, 0.25) is 10.0 Å². The zero-order valence-electron chi connectivity index (χ0n) is 7.17. The average Bonchev–Trinajstić information content (AvgIpc) is 2.34. The number of nitrogens with zero attached hydrogens (tertiary/aromatic N) is 3. The van der Waals surface area contributed by atoms with E-state index in [4.69, 9.17) is 0 Å². The molecular weight excluding hydrogens is 214 g/mol. The molecule has 0 aliphatic carbocycles. The quantitative estimate of drug-likeness (QED) is 0.669. The minimum atomic E-state index is -3.26. The van der Waals surface area contributed by atoms with Crippen LogP contribution >= 0.6 is 11.3 Å². The maximum absolute atomic E-state index is 11.0. The fourth-order valence-corrected chi connectivity index (χ4v) is 1.42. The van der Waals surface area contributed by atoms with Crippen LogP contribution < -0.4 is 4.87 Å². The van der Waals surface area contributed by atoms with Gasteiger partial charge in [0.05, 0.1) is 6.26 Å². The van der Waals surface area contributed by atoms with Crippen LogP contribution in [0.4, 0.5) is 0 Å². The van der Waals surface area contributed by atoms with Gasteiger partial charge in [0.1, 0.15) is 12.2 Å². The first kappa shape index (κ1) is 10.4. The van der Waals surface area contributed by atoms with Crippen LogP contribution in [0.25, 0.3) is 0 Å². The molecule has 0 N–H and O–H groups in total. The first-order valence-corrected chi connectivity index (χ1v) is 6.06. The number of hydrogen-bond donors (Lipinski definition) is 0. The van der Waals surface area contributed by atoms with Gasteiger partial charge in [-0.05, 0) is 0 Å². The molecule has 0 aromatic carbocycles. The Labute approximate surface area is 79.5 Å². The third-order valence-corrected chi connectivity index (χ3v) is 3.31. The first-order valence-electron chi connectivity index (χ1n) is 3.33. The Balaban J connectivity index is 2.83. The molecular formula is C5H9N3O3S2. The lowest BCUT2D eigenvalue weighted by Crippen LogP contribution is -2.32. The van der Waals surface area contributed by atoms with Crippen molar-refractivity contribution in [2.45, 2.75) is 6.67 Å². The second-order valence-corrected chi connectivity index (χ2v) is 5.39. The molecule has 0 bridgehead atoms. The molecule has 0 radical (unpaired) electrons. The predicted octanol–water partition coefficient (Wildman–Crippen LogP) is -0.846. The van der Waals surface area contributed by atoms with Gasteiger partial charge in [0.15, 0.2) is 0 Å². The summed E-state index contributed by atoms with van der Waals surface area (Å²) in [7, 11) is -1.87. The molecule has 0 saturated carbocycles. The Bertz CT molecular complexity index is 432. The standard InChI is InChI=1S/C5H9N3O3S2/c1-7(13(2,10)11)4-8-5(9)12-3-6-8/h3H,4H2,1-2H3. The van der Waals surface area contributed by atoms with Gasteiger partial charge in [-0.1, -0.05) is 11.3 Å². The predicted molar refractivity (Wildman–Crippen MR) is 49.0 cm³/mol. The van der Waals surface area contributed by atoms with Crippen molar-refractivity contribution in [3.8, 4) is 0 Å². The number of aromatic nitrogens is 2. The van der Waals surface area contributed by atoms with Gasteiger partial charge < -0.3 is 0 Å². The lowest BCUT2D eigenvalue weighted by atomic mass is 11.0. The molecule has 8 heteroatoms. The van der Waals surface area contributed by atoms with Crippen molar-refractivity contribution < 1.29 is 8.42 Å². The van der Waals surface area contributed by atoms with Gasteiger partial charge in [-0.25, -0.2) is 13.1 Å². The van der Waals surface area contributed by atoms with E-state index in [1.54, 1.807) is 0 Å². The molecule has 1 heterocycles. The second kappa shape index (κ2) is 3.56. The highest BCUT2D eigenvalue weighted by Gasteiger charge is 2.12. The molecule has 1 rings (SSSR count). The fraction of sp³-hybridized carbons (Fsp3) is 0.600. The van der Waals surface area contributed by atoms with Crippen LogP contribution in [-0.4, -0.2) is 35.8 Å². The van der Waals surface area contributed by atoms with Crippen LogP contribution in [0, 0.1) is 0 Å². The largest absolute Gasteiger partial charge is 0.326 e. The minimum Gasteiger partial charge on any atom is -0.255 e. The molecule has 0 fully saturated rings. The van der Waals surface area contributed by atoms with Crippen molar-refractivity contribution in [2.24, 2.45) is 0 Å². The maximum atomic E-state index is 11.0. The van der Waals surface area contributed by atoms with Gasteiger partial charge in [0, 0.05) is 7.05 Å². The fourth-order valence-electron chi connectivity index (χ4n) is 0.621. The van der Waals surface area contributed by atoms with Crippen LogP contribution in [0.15, 0.2) is 10.3 Å². The van der Waals surface area contributed by atoms with E-state index in [1.165, 1.54) is 12.6 Å². The molecule has 0 saturated heterocycles. The zero-order valence-corrected chi connectivity index (χ0v) is 8.80. The Morgan fingerprint density at radius 1 is 1.69 bits per heavy atom. The number of hydrogen-bond acceptors (Lipinski definition) is 5. The van der Waals surface area contributed by atoms with Crippen molar-refractivity contribution in [1.82, 2.24) is 14.1 Å². The molecule has 0 aliphatic rings. The van der Waals surface area contributed by atoms with E-state index in [0.717, 1.165) is 26.6 Å². The van der Waals surface area contributed by atoms with Crippen LogP contribution in [0.5, 0.6) is 0 Å². The monoisotopic (exact) mass is 223 g/mol. The molecule has 6 nitrogen and oxygen atoms in total. The SMILES string of the molecule is CN(Cn1ncsc1=O)S(C)(=O)=O. The number of rotatable bonds is 3. The summed E-state index contributed by atoms with van der Waals surface area (Å²) in [4.78, 5) is 10.7. The molecule has 13 heavy (non-hydrogen) atoms. The van der Waals surface area contributed by atoms with Crippen molar-refractivity contribution in [1.29, 1.82) is 0 Å². The van der Waals surface area contributed by atoms with E-state index in [2.05, 4.69) is 5.10 Å². The van der Waals surface area contributed by atoms with Crippen molar-refractivity contribution in [3.63, 3.8) is 0 Å². The van der Waals surface area contributed by atoms with Gasteiger partial charge >= 0.3 is 4.87 Å². The van der Waals surface area contributed by atoms with E-state index >= 15 is 0 Å². The summed E-state index contributed by atoms with van der Waals surface area (Å²) in [5.74, 6) is 0. The molecule has 74 valence electrons. The molecule has 1 aromatic rings. The molecule has 0 atom stereocenters. The van der Waals surface area contributed by atoms with E-state index in [0.29, 0.717) is 0 Å². The summed E-state index contributed by atoms with van der Waals surface area (Å²) in [5, 5.41) is 3.69. The summed E-state index contributed by atoms with van der Waals surface area (Å²) in [5.41, 5.74) is 1.37. The lowest BCUT2D eigenvalue weighted by molar-refractivity contribution is 0.374. The topological polar surface area (TPSA) is 72.3 Å². The number of sulfonamides is 1. The molecule has 0 aliphatic heterocycles. The molecule has 0 amide bonds. The average molecular weight is 223 g/mol. The summed E-state index contributed by atoms with van der Waals surface area (Å²) in [6, 6.07) is 0. The normalized spacial score (nSPS) is 12.2. The third-order valence-electron chi connectivity index (χ3n) is 1.45. The van der Waals surface area contributed by atoms with E-state index in [1.807, 2.05) is 0 Å². The molecule has 1 aromatic heterocycles. The Morgan fingerprint density at radius 2 is 2.31 bits per heavy atom. The summed E-state index contributed by atoms with van der Waals surface area (Å²) in [6.07, 6.45) is 1.07. The highest BCUT2D eigenvalue weighted by Crippen LogP contribution is 1.94. The Morgan fingerprint density at radius 3 is 2.69 bits per heavy atom. The van der Waals surface area contributed by atoms with Gasteiger partial charge in [0.25, 0.3) is 0 Å². The van der Waals surface area contributed by atoms with Crippen LogP contribution in [0.2, 0.25) is 0 Å². The van der Waals surface area contributed by atoms with Crippen LogP contribution in [-0.2, 0) is 16.7 Å². The minimum absolute atomic E-state index is 0.0405. The van der Waals surface area contributed by atoms with Crippen molar-refractivity contribution >= 4 is 21.4 Å². The summed E-state index contributed by atoms with van der Waals surface area (Å²) >= 11 is 0.932. The Hall–Kier alpha value is -0.730. The van der Waals surface area contributed by atoms with E-state index in [9.17, 15) is 13.2 Å². The van der Waals surface area contributed by atoms with Gasteiger partial charge in [-0.15, -0.1) is 0 Å². The lowest BCUT2D eigenvalue weighted by Gasteiger charge is -2.12. The smallest absolute Gasteiger partial charge is 0.255 e. The molecule has 0 unspecified atom stereocenters. The molecule has 0 spiro atoms. The highest BCUT2D eigenvalue weighted by atomic mass is 32.2. The van der Waals surface area contributed by atoms with Crippen molar-refractivity contribution in [2.75, 3.05) is 13.3 Å². The van der Waals surface area contributed by atoms with Crippen LogP contribution in [0.3, 0.4) is 0 Å². The van der Waals surface area contributed by atoms with E-state index in [-0.39, 0.29) is 11.5 Å². The first-order chi connectivity index (χ1) is 5.91.